The maximum absolute atomic E-state index is 12.5. The quantitative estimate of drug-likeness (QED) is 0.259. The Labute approximate surface area is 187 Å². The summed E-state index contributed by atoms with van der Waals surface area (Å²) in [6.45, 7) is 7.03. The van der Waals surface area contributed by atoms with Crippen LogP contribution < -0.4 is 9.64 Å². The first-order valence-electron chi connectivity index (χ1n) is 10.4. The molecule has 0 spiro atoms. The van der Waals surface area contributed by atoms with Crippen LogP contribution in [0.2, 0.25) is 0 Å². The molecular weight excluding hydrogens is 415 g/mol. The number of halogens is 1. The van der Waals surface area contributed by atoms with Gasteiger partial charge < -0.3 is 9.47 Å². The van der Waals surface area contributed by atoms with Gasteiger partial charge in [-0.25, -0.2) is 9.18 Å². The van der Waals surface area contributed by atoms with E-state index in [1.54, 1.807) is 17.0 Å². The second-order valence-corrected chi connectivity index (χ2v) is 8.08. The molecule has 32 heavy (non-hydrogen) atoms. The highest BCUT2D eigenvalue weighted by Gasteiger charge is 2.22. The molecule has 1 amide bonds. The molecule has 0 aliphatic heterocycles. The van der Waals surface area contributed by atoms with E-state index in [0.29, 0.717) is 12.1 Å². The average Bonchev–Trinajstić information content (AvgIpc) is 2.73. The van der Waals surface area contributed by atoms with E-state index in [0.717, 1.165) is 17.7 Å². The van der Waals surface area contributed by atoms with E-state index in [4.69, 9.17) is 9.47 Å². The van der Waals surface area contributed by atoms with Crippen molar-refractivity contribution >= 4 is 29.6 Å². The van der Waals surface area contributed by atoms with Crippen molar-refractivity contribution < 1.29 is 23.6 Å². The highest BCUT2D eigenvalue weighted by Crippen LogP contribution is 2.29. The monoisotopic (exact) mass is 444 g/mol. The fourth-order valence-corrected chi connectivity index (χ4v) is 2.87. The molecule has 0 radical (unpaired) electrons. The summed E-state index contributed by atoms with van der Waals surface area (Å²) >= 11 is 0. The average molecular weight is 445 g/mol. The summed E-state index contributed by atoms with van der Waals surface area (Å²) < 4.78 is 23.1. The number of amides is 1. The van der Waals surface area contributed by atoms with Gasteiger partial charge in [-0.2, -0.15) is 0 Å². The van der Waals surface area contributed by atoms with Crippen LogP contribution in [0.3, 0.4) is 0 Å². The van der Waals surface area contributed by atoms with Gasteiger partial charge in [-0.05, 0) is 62.6 Å². The van der Waals surface area contributed by atoms with Gasteiger partial charge in [0.1, 0.15) is 18.9 Å². The van der Waals surface area contributed by atoms with Gasteiger partial charge in [0.25, 0.3) is 0 Å². The van der Waals surface area contributed by atoms with Crippen LogP contribution in [0, 0.1) is 10.1 Å². The zero-order valence-corrected chi connectivity index (χ0v) is 18.8. The molecule has 0 saturated heterocycles. The number of hydrogen-bond donors (Lipinski definition) is 0. The number of nitro benzene ring substituents is 1. The van der Waals surface area contributed by atoms with Crippen molar-refractivity contribution in [2.75, 3.05) is 24.7 Å². The fraction of sp³-hybridized carbons (Fsp3) is 0.375. The van der Waals surface area contributed by atoms with Gasteiger partial charge in [0.2, 0.25) is 0 Å². The molecule has 2 aromatic carbocycles. The minimum atomic E-state index is -0.734. The number of ether oxygens (including phenoxy) is 2. The Morgan fingerprint density at radius 3 is 2.31 bits per heavy atom. The van der Waals surface area contributed by atoms with E-state index in [-0.39, 0.29) is 18.0 Å². The first-order chi connectivity index (χ1) is 15.1. The molecule has 8 heteroatoms. The molecule has 172 valence electrons. The molecule has 0 atom stereocenters. The number of benzene rings is 2. The van der Waals surface area contributed by atoms with Crippen LogP contribution in [0.5, 0.6) is 5.75 Å². The van der Waals surface area contributed by atoms with Gasteiger partial charge in [0, 0.05) is 18.3 Å². The second-order valence-electron chi connectivity index (χ2n) is 8.08. The molecule has 0 aromatic heterocycles. The Balaban J connectivity index is 2.19. The highest BCUT2D eigenvalue weighted by atomic mass is 19.1. The van der Waals surface area contributed by atoms with Crippen LogP contribution in [0.25, 0.3) is 12.2 Å². The van der Waals surface area contributed by atoms with Gasteiger partial charge in [-0.15, -0.1) is 0 Å². The standard InChI is InChI=1S/C24H29FN2O5/c1-5-15-26(23(28)32-24(2,3)4)20-11-8-18(9-12-20)6-7-19-10-13-21(27(29)30)22(17-19)31-16-14-25/h6-13,17H,5,14-16H2,1-4H3/b7-6+. The molecule has 0 fully saturated rings. The van der Waals surface area contributed by atoms with E-state index < -0.39 is 23.3 Å². The maximum Gasteiger partial charge on any atom is 0.414 e. The molecule has 0 bridgehead atoms. The van der Waals surface area contributed by atoms with Crippen LogP contribution in [0.15, 0.2) is 42.5 Å². The molecule has 0 aliphatic rings. The number of anilines is 1. The van der Waals surface area contributed by atoms with Crippen LogP contribution in [-0.2, 0) is 4.74 Å². The number of alkyl halides is 1. The van der Waals surface area contributed by atoms with E-state index >= 15 is 0 Å². The third-order valence-electron chi connectivity index (χ3n) is 4.25. The largest absolute Gasteiger partial charge is 0.484 e. The second kappa shape index (κ2) is 11.3. The van der Waals surface area contributed by atoms with Gasteiger partial charge in [-0.1, -0.05) is 31.2 Å². The Morgan fingerprint density at radius 2 is 1.75 bits per heavy atom. The first kappa shape index (κ1) is 24.8. The molecule has 0 saturated carbocycles. The van der Waals surface area contributed by atoms with Gasteiger partial charge in [0.15, 0.2) is 5.75 Å². The number of carbonyl (C=O) groups is 1. The molecule has 7 nitrogen and oxygen atoms in total. The Kier molecular flexibility index (Phi) is 8.75. The zero-order chi connectivity index (χ0) is 23.7. The van der Waals surface area contributed by atoms with Crippen LogP contribution in [-0.4, -0.2) is 36.4 Å². The lowest BCUT2D eigenvalue weighted by Gasteiger charge is -2.27. The number of nitrogens with zero attached hydrogens (tertiary/aromatic N) is 2. The summed E-state index contributed by atoms with van der Waals surface area (Å²) in [5, 5.41) is 11.1. The van der Waals surface area contributed by atoms with Gasteiger partial charge >= 0.3 is 11.8 Å². The lowest BCUT2D eigenvalue weighted by Crippen LogP contribution is -2.37. The lowest BCUT2D eigenvalue weighted by atomic mass is 10.1. The molecular formula is C24H29FN2O5. The fourth-order valence-electron chi connectivity index (χ4n) is 2.87. The summed E-state index contributed by atoms with van der Waals surface area (Å²) in [4.78, 5) is 24.7. The normalized spacial score (nSPS) is 11.4. The van der Waals surface area contributed by atoms with Crippen molar-refractivity contribution in [2.45, 2.75) is 39.7 Å². The van der Waals surface area contributed by atoms with Crippen molar-refractivity contribution in [3.05, 3.63) is 63.7 Å². The van der Waals surface area contributed by atoms with E-state index in [2.05, 4.69) is 0 Å². The predicted molar refractivity (Wildman–Crippen MR) is 124 cm³/mol. The Hall–Kier alpha value is -3.42. The minimum Gasteiger partial charge on any atom is -0.484 e. The van der Waals surface area contributed by atoms with E-state index in [1.165, 1.54) is 12.1 Å². The molecule has 2 aromatic rings. The third-order valence-corrected chi connectivity index (χ3v) is 4.25. The topological polar surface area (TPSA) is 81.9 Å². The molecule has 0 N–H and O–H groups in total. The van der Waals surface area contributed by atoms with Crippen LogP contribution in [0.1, 0.15) is 45.2 Å². The summed E-state index contributed by atoms with van der Waals surface area (Å²) in [7, 11) is 0. The minimum absolute atomic E-state index is 0.0257. The predicted octanol–water partition coefficient (Wildman–Crippen LogP) is 6.27. The van der Waals surface area contributed by atoms with Crippen molar-refractivity contribution in [2.24, 2.45) is 0 Å². The van der Waals surface area contributed by atoms with Crippen molar-refractivity contribution in [1.29, 1.82) is 0 Å². The third kappa shape index (κ3) is 7.37. The molecule has 0 aliphatic carbocycles. The van der Waals surface area contributed by atoms with Crippen LogP contribution in [0.4, 0.5) is 20.6 Å². The van der Waals surface area contributed by atoms with Crippen LogP contribution >= 0.6 is 0 Å². The van der Waals surface area contributed by atoms with Gasteiger partial charge in [0.05, 0.1) is 4.92 Å². The zero-order valence-electron chi connectivity index (χ0n) is 18.8. The maximum atomic E-state index is 12.5. The van der Waals surface area contributed by atoms with Crippen molar-refractivity contribution in [3.63, 3.8) is 0 Å². The smallest absolute Gasteiger partial charge is 0.414 e. The van der Waals surface area contributed by atoms with E-state index in [1.807, 2.05) is 58.0 Å². The lowest BCUT2D eigenvalue weighted by molar-refractivity contribution is -0.385. The SMILES string of the molecule is CCCN(C(=O)OC(C)(C)C)c1ccc(/C=C/c2ccc([N+](=O)[O-])c(OCCF)c2)cc1. The van der Waals surface area contributed by atoms with E-state index in [9.17, 15) is 19.3 Å². The van der Waals surface area contributed by atoms with Crippen molar-refractivity contribution in [1.82, 2.24) is 0 Å². The number of hydrogen-bond acceptors (Lipinski definition) is 5. The first-order valence-corrected chi connectivity index (χ1v) is 10.4. The summed E-state index contributed by atoms with van der Waals surface area (Å²) in [6, 6.07) is 11.8. The van der Waals surface area contributed by atoms with Gasteiger partial charge in [-0.3, -0.25) is 15.0 Å². The summed E-state index contributed by atoms with van der Waals surface area (Å²) in [5.41, 5.74) is 1.49. The Bertz CT molecular complexity index is 952. The number of carbonyl (C=O) groups excluding carboxylic acids is 1. The number of nitro groups is 1. The number of rotatable bonds is 9. The molecule has 0 heterocycles. The molecule has 0 unspecified atom stereocenters. The molecule has 2 rings (SSSR count). The summed E-state index contributed by atoms with van der Waals surface area (Å²) in [6.07, 6.45) is 4.00. The highest BCUT2D eigenvalue weighted by molar-refractivity contribution is 5.88. The Morgan fingerprint density at radius 1 is 1.12 bits per heavy atom. The van der Waals surface area contributed by atoms with Crippen molar-refractivity contribution in [3.8, 4) is 5.75 Å². The summed E-state index contributed by atoms with van der Waals surface area (Å²) in [5.74, 6) is 0.0257.